The molecule has 0 spiro atoms. The van der Waals surface area contributed by atoms with Crippen molar-refractivity contribution < 1.29 is 32.2 Å². The molecule has 2 saturated heterocycles. The van der Waals surface area contributed by atoms with Gasteiger partial charge in [0.2, 0.25) is 10.0 Å². The summed E-state index contributed by atoms with van der Waals surface area (Å²) in [6.07, 6.45) is 0. The van der Waals surface area contributed by atoms with Gasteiger partial charge in [-0.3, -0.25) is 9.69 Å². The summed E-state index contributed by atoms with van der Waals surface area (Å²) in [5.74, 6) is -0.0601. The Morgan fingerprint density at radius 2 is 1.62 bits per heavy atom. The standard InChI is InChI=1S/C21H33N3O7S/c1-21(2,23-5-9-30-10-6-23)15-22-20(25)17-13-16(14-18(28-3)19(17)29-4)32(26,27)24-7-11-31-12-8-24/h13-14H,5-12,15H2,1-4H3,(H,22,25). The molecule has 0 bridgehead atoms. The van der Waals surface area contributed by atoms with Crippen molar-refractivity contribution in [1.29, 1.82) is 0 Å². The number of nitrogens with zero attached hydrogens (tertiary/aromatic N) is 2. The average molecular weight is 472 g/mol. The molecule has 0 saturated carbocycles. The van der Waals surface area contributed by atoms with Gasteiger partial charge in [0.1, 0.15) is 0 Å². The van der Waals surface area contributed by atoms with Crippen LogP contribution in [-0.4, -0.2) is 102 Å². The van der Waals surface area contributed by atoms with Crippen molar-refractivity contribution in [2.75, 3.05) is 73.4 Å². The summed E-state index contributed by atoms with van der Waals surface area (Å²) in [5.41, 5.74) is -0.190. The summed E-state index contributed by atoms with van der Waals surface area (Å²) >= 11 is 0. The van der Waals surface area contributed by atoms with Crippen LogP contribution < -0.4 is 14.8 Å². The van der Waals surface area contributed by atoms with Crippen LogP contribution in [0.2, 0.25) is 0 Å². The molecule has 1 N–H and O–H groups in total. The maximum atomic E-state index is 13.2. The van der Waals surface area contributed by atoms with E-state index in [0.717, 1.165) is 13.1 Å². The molecule has 0 aliphatic carbocycles. The van der Waals surface area contributed by atoms with Crippen LogP contribution in [0.1, 0.15) is 24.2 Å². The molecule has 2 aliphatic heterocycles. The molecular weight excluding hydrogens is 438 g/mol. The number of methoxy groups -OCH3 is 2. The van der Waals surface area contributed by atoms with Crippen molar-refractivity contribution in [2.24, 2.45) is 0 Å². The molecule has 3 rings (SSSR count). The summed E-state index contributed by atoms with van der Waals surface area (Å²) in [6, 6.07) is 2.74. The van der Waals surface area contributed by atoms with Gasteiger partial charge in [-0.15, -0.1) is 0 Å². The first-order chi connectivity index (χ1) is 15.2. The van der Waals surface area contributed by atoms with E-state index in [2.05, 4.69) is 24.1 Å². The largest absolute Gasteiger partial charge is 0.493 e. The van der Waals surface area contributed by atoms with Gasteiger partial charge in [-0.25, -0.2) is 8.42 Å². The molecule has 2 aliphatic rings. The molecule has 0 radical (unpaired) electrons. The van der Waals surface area contributed by atoms with Crippen LogP contribution in [0.3, 0.4) is 0 Å². The molecule has 0 aromatic heterocycles. The fourth-order valence-corrected chi connectivity index (χ4v) is 5.32. The first-order valence-corrected chi connectivity index (χ1v) is 12.1. The van der Waals surface area contributed by atoms with Gasteiger partial charge in [-0.2, -0.15) is 4.31 Å². The monoisotopic (exact) mass is 471 g/mol. The second-order valence-electron chi connectivity index (χ2n) is 8.32. The van der Waals surface area contributed by atoms with Crippen LogP contribution in [0.4, 0.5) is 0 Å². The third-order valence-electron chi connectivity index (χ3n) is 5.85. The fraction of sp³-hybridized carbons (Fsp3) is 0.667. The van der Waals surface area contributed by atoms with Gasteiger partial charge < -0.3 is 24.3 Å². The van der Waals surface area contributed by atoms with Gasteiger partial charge in [0, 0.05) is 44.3 Å². The van der Waals surface area contributed by atoms with E-state index in [1.54, 1.807) is 0 Å². The van der Waals surface area contributed by atoms with Gasteiger partial charge in [0.05, 0.1) is 51.1 Å². The second-order valence-corrected chi connectivity index (χ2v) is 10.3. The Bertz CT molecular complexity index is 908. The zero-order valence-corrected chi connectivity index (χ0v) is 20.0. The minimum atomic E-state index is -3.82. The summed E-state index contributed by atoms with van der Waals surface area (Å²) < 4.78 is 49.1. The van der Waals surface area contributed by atoms with E-state index in [0.29, 0.717) is 33.0 Å². The number of ether oxygens (including phenoxy) is 4. The molecule has 0 unspecified atom stereocenters. The first-order valence-electron chi connectivity index (χ1n) is 10.7. The van der Waals surface area contributed by atoms with Gasteiger partial charge >= 0.3 is 0 Å². The van der Waals surface area contributed by atoms with Crippen LogP contribution in [0.15, 0.2) is 17.0 Å². The van der Waals surface area contributed by atoms with E-state index in [4.69, 9.17) is 18.9 Å². The number of carbonyl (C=O) groups excluding carboxylic acids is 1. The Morgan fingerprint density at radius 3 is 2.19 bits per heavy atom. The zero-order valence-electron chi connectivity index (χ0n) is 19.2. The normalized spacial score (nSPS) is 18.9. The van der Waals surface area contributed by atoms with E-state index in [-0.39, 0.29) is 40.6 Å². The molecule has 1 aromatic carbocycles. The van der Waals surface area contributed by atoms with E-state index < -0.39 is 15.9 Å². The van der Waals surface area contributed by atoms with Crippen LogP contribution in [0.5, 0.6) is 11.5 Å². The quantitative estimate of drug-likeness (QED) is 0.586. The summed E-state index contributed by atoms with van der Waals surface area (Å²) in [6.45, 7) is 8.53. The number of benzene rings is 1. The average Bonchev–Trinajstić information content (AvgIpc) is 2.82. The van der Waals surface area contributed by atoms with Gasteiger partial charge in [-0.1, -0.05) is 0 Å². The fourth-order valence-electron chi connectivity index (χ4n) is 3.87. The SMILES string of the molecule is COc1cc(S(=O)(=O)N2CCOCC2)cc(C(=O)NCC(C)(C)N2CCOCC2)c1OC. The number of hydrogen-bond acceptors (Lipinski definition) is 8. The number of nitrogens with one attached hydrogen (secondary N) is 1. The Morgan fingerprint density at radius 1 is 1.03 bits per heavy atom. The van der Waals surface area contributed by atoms with Crippen molar-refractivity contribution in [1.82, 2.24) is 14.5 Å². The topological polar surface area (TPSA) is 107 Å². The molecule has 10 nitrogen and oxygen atoms in total. The van der Waals surface area contributed by atoms with Crippen LogP contribution in [0, 0.1) is 0 Å². The van der Waals surface area contributed by atoms with Gasteiger partial charge in [0.15, 0.2) is 11.5 Å². The van der Waals surface area contributed by atoms with Crippen molar-refractivity contribution in [3.8, 4) is 11.5 Å². The molecule has 2 fully saturated rings. The highest BCUT2D eigenvalue weighted by Gasteiger charge is 2.32. The minimum absolute atomic E-state index is 0.0189. The van der Waals surface area contributed by atoms with Crippen LogP contribution in [-0.2, 0) is 19.5 Å². The highest BCUT2D eigenvalue weighted by atomic mass is 32.2. The van der Waals surface area contributed by atoms with E-state index >= 15 is 0 Å². The van der Waals surface area contributed by atoms with Crippen molar-refractivity contribution >= 4 is 15.9 Å². The Kier molecular flexibility index (Phi) is 7.99. The summed E-state index contributed by atoms with van der Waals surface area (Å²) in [4.78, 5) is 15.4. The lowest BCUT2D eigenvalue weighted by molar-refractivity contribution is -0.00924. The summed E-state index contributed by atoms with van der Waals surface area (Å²) in [7, 11) is -0.992. The van der Waals surface area contributed by atoms with Crippen molar-refractivity contribution in [3.63, 3.8) is 0 Å². The van der Waals surface area contributed by atoms with Crippen molar-refractivity contribution in [3.05, 3.63) is 17.7 Å². The zero-order chi connectivity index (χ0) is 23.4. The van der Waals surface area contributed by atoms with Gasteiger partial charge in [0.25, 0.3) is 5.91 Å². The number of rotatable bonds is 8. The lowest BCUT2D eigenvalue weighted by atomic mass is 10.0. The molecular formula is C21H33N3O7S. The Labute approximate surface area is 189 Å². The third-order valence-corrected chi connectivity index (χ3v) is 7.73. The molecule has 1 aromatic rings. The van der Waals surface area contributed by atoms with Gasteiger partial charge in [-0.05, 0) is 19.9 Å². The van der Waals surface area contributed by atoms with E-state index in [9.17, 15) is 13.2 Å². The highest BCUT2D eigenvalue weighted by Crippen LogP contribution is 2.35. The number of morpholine rings is 2. The Hall–Kier alpha value is -1.92. The summed E-state index contributed by atoms with van der Waals surface area (Å²) in [5, 5.41) is 2.94. The number of carbonyl (C=O) groups is 1. The Balaban J connectivity index is 1.87. The maximum Gasteiger partial charge on any atom is 0.255 e. The predicted molar refractivity (Wildman–Crippen MR) is 118 cm³/mol. The highest BCUT2D eigenvalue weighted by molar-refractivity contribution is 7.89. The molecule has 32 heavy (non-hydrogen) atoms. The lowest BCUT2D eigenvalue weighted by Gasteiger charge is -2.40. The molecule has 180 valence electrons. The lowest BCUT2D eigenvalue weighted by Crippen LogP contribution is -2.55. The predicted octanol–water partition coefficient (Wildman–Crippen LogP) is 0.565. The molecule has 0 atom stereocenters. The van der Waals surface area contributed by atoms with E-state index in [1.165, 1.54) is 30.7 Å². The number of sulfonamides is 1. The third kappa shape index (κ3) is 5.34. The number of hydrogen-bond donors (Lipinski definition) is 1. The molecule has 11 heteroatoms. The van der Waals surface area contributed by atoms with E-state index in [1.807, 2.05) is 0 Å². The molecule has 2 heterocycles. The minimum Gasteiger partial charge on any atom is -0.493 e. The first kappa shape index (κ1) is 24.7. The maximum absolute atomic E-state index is 13.2. The smallest absolute Gasteiger partial charge is 0.255 e. The van der Waals surface area contributed by atoms with Crippen LogP contribution >= 0.6 is 0 Å². The second kappa shape index (κ2) is 10.3. The van der Waals surface area contributed by atoms with Crippen LogP contribution in [0.25, 0.3) is 0 Å². The molecule has 1 amide bonds. The number of amides is 1. The van der Waals surface area contributed by atoms with Crippen molar-refractivity contribution in [2.45, 2.75) is 24.3 Å².